The lowest BCUT2D eigenvalue weighted by Gasteiger charge is -2.27. The van der Waals surface area contributed by atoms with Crippen molar-refractivity contribution in [1.29, 1.82) is 0 Å². The Kier molecular flexibility index (Phi) is 5.23. The summed E-state index contributed by atoms with van der Waals surface area (Å²) < 4.78 is 1.13. The fourth-order valence-corrected chi connectivity index (χ4v) is 2.97. The van der Waals surface area contributed by atoms with E-state index < -0.39 is 0 Å². The van der Waals surface area contributed by atoms with E-state index in [4.69, 9.17) is 0 Å². The maximum absolute atomic E-state index is 3.50. The second kappa shape index (κ2) is 6.76. The van der Waals surface area contributed by atoms with Crippen LogP contribution < -0.4 is 5.32 Å². The van der Waals surface area contributed by atoms with Crippen LogP contribution in [0.3, 0.4) is 0 Å². The molecule has 0 aromatic heterocycles. The number of rotatable bonds is 4. The molecule has 1 unspecified atom stereocenters. The summed E-state index contributed by atoms with van der Waals surface area (Å²) in [6, 6.07) is 17.7. The van der Waals surface area contributed by atoms with Crippen molar-refractivity contribution in [3.63, 3.8) is 0 Å². The van der Waals surface area contributed by atoms with Crippen LogP contribution in [0.25, 0.3) is 0 Å². The molecule has 0 fully saturated rings. The molecular weight excluding hydrogens is 322 g/mol. The number of nitrogens with one attached hydrogen (secondary N) is 1. The van der Waals surface area contributed by atoms with Gasteiger partial charge in [0.05, 0.1) is 0 Å². The molecule has 0 heterocycles. The van der Waals surface area contributed by atoms with Crippen LogP contribution in [0.4, 0.5) is 0 Å². The molecule has 0 spiro atoms. The number of benzene rings is 2. The van der Waals surface area contributed by atoms with Crippen LogP contribution in [-0.4, -0.2) is 7.05 Å². The molecule has 2 aromatic carbocycles. The van der Waals surface area contributed by atoms with E-state index in [9.17, 15) is 0 Å². The zero-order chi connectivity index (χ0) is 15.5. The number of hydrogen-bond acceptors (Lipinski definition) is 1. The van der Waals surface area contributed by atoms with E-state index in [1.54, 1.807) is 0 Å². The molecule has 112 valence electrons. The van der Waals surface area contributed by atoms with Gasteiger partial charge in [-0.15, -0.1) is 0 Å². The molecule has 21 heavy (non-hydrogen) atoms. The molecule has 0 amide bonds. The standard InChI is InChI=1S/C19H24BrN/c1-19(2,3)17-8-6-5-7-16(17)18(21-4)13-14-9-11-15(20)12-10-14/h5-12,18,21H,13H2,1-4H3. The van der Waals surface area contributed by atoms with Crippen LogP contribution in [0.15, 0.2) is 53.0 Å². The summed E-state index contributed by atoms with van der Waals surface area (Å²) >= 11 is 3.50. The topological polar surface area (TPSA) is 12.0 Å². The molecule has 0 radical (unpaired) electrons. The lowest BCUT2D eigenvalue weighted by atomic mass is 9.81. The van der Waals surface area contributed by atoms with E-state index in [1.165, 1.54) is 16.7 Å². The highest BCUT2D eigenvalue weighted by Gasteiger charge is 2.21. The number of halogens is 1. The number of likely N-dealkylation sites (N-methyl/N-ethyl adjacent to an activating group) is 1. The Balaban J connectivity index is 2.32. The van der Waals surface area contributed by atoms with E-state index >= 15 is 0 Å². The van der Waals surface area contributed by atoms with Crippen LogP contribution >= 0.6 is 15.9 Å². The van der Waals surface area contributed by atoms with E-state index in [2.05, 4.69) is 90.5 Å². The predicted molar refractivity (Wildman–Crippen MR) is 94.8 cm³/mol. The fraction of sp³-hybridized carbons (Fsp3) is 0.368. The minimum Gasteiger partial charge on any atom is -0.313 e. The highest BCUT2D eigenvalue weighted by molar-refractivity contribution is 9.10. The summed E-state index contributed by atoms with van der Waals surface area (Å²) in [5.41, 5.74) is 4.32. The first kappa shape index (κ1) is 16.3. The predicted octanol–water partition coefficient (Wildman–Crippen LogP) is 5.25. The second-order valence-electron chi connectivity index (χ2n) is 6.51. The lowest BCUT2D eigenvalue weighted by Crippen LogP contribution is -2.24. The molecule has 1 atom stereocenters. The van der Waals surface area contributed by atoms with E-state index in [1.807, 2.05) is 7.05 Å². The van der Waals surface area contributed by atoms with E-state index in [-0.39, 0.29) is 5.41 Å². The maximum Gasteiger partial charge on any atom is 0.0361 e. The van der Waals surface area contributed by atoms with Crippen molar-refractivity contribution in [3.05, 3.63) is 69.7 Å². The summed E-state index contributed by atoms with van der Waals surface area (Å²) in [7, 11) is 2.04. The van der Waals surface area contributed by atoms with Crippen LogP contribution in [0.2, 0.25) is 0 Å². The van der Waals surface area contributed by atoms with Gasteiger partial charge in [0.25, 0.3) is 0 Å². The summed E-state index contributed by atoms with van der Waals surface area (Å²) in [5, 5.41) is 3.48. The molecule has 0 aliphatic heterocycles. The molecule has 2 heteroatoms. The molecule has 0 saturated heterocycles. The van der Waals surface area contributed by atoms with E-state index in [0.29, 0.717) is 6.04 Å². The molecule has 1 N–H and O–H groups in total. The molecular formula is C19H24BrN. The van der Waals surface area contributed by atoms with Gasteiger partial charge in [-0.05, 0) is 47.7 Å². The van der Waals surface area contributed by atoms with Crippen molar-refractivity contribution in [2.75, 3.05) is 7.05 Å². The SMILES string of the molecule is CNC(Cc1ccc(Br)cc1)c1ccccc1C(C)(C)C. The third-order valence-corrected chi connectivity index (χ3v) is 4.37. The van der Waals surface area contributed by atoms with Crippen molar-refractivity contribution >= 4 is 15.9 Å². The Morgan fingerprint density at radius 1 is 1.00 bits per heavy atom. The van der Waals surface area contributed by atoms with Gasteiger partial charge in [-0.1, -0.05) is 73.1 Å². The van der Waals surface area contributed by atoms with Gasteiger partial charge in [0, 0.05) is 10.5 Å². The third-order valence-electron chi connectivity index (χ3n) is 3.85. The Hall–Kier alpha value is -1.12. The van der Waals surface area contributed by atoms with Gasteiger partial charge >= 0.3 is 0 Å². The molecule has 0 aliphatic rings. The molecule has 1 nitrogen and oxygen atoms in total. The van der Waals surface area contributed by atoms with Gasteiger partial charge < -0.3 is 5.32 Å². The first-order valence-corrected chi connectivity index (χ1v) is 8.22. The van der Waals surface area contributed by atoms with Crippen LogP contribution in [0.5, 0.6) is 0 Å². The summed E-state index contributed by atoms with van der Waals surface area (Å²) in [4.78, 5) is 0. The van der Waals surface area contributed by atoms with Gasteiger partial charge in [-0.25, -0.2) is 0 Å². The average molecular weight is 346 g/mol. The Bertz CT molecular complexity index is 581. The molecule has 0 saturated carbocycles. The van der Waals surface area contributed by atoms with Gasteiger partial charge in [0.2, 0.25) is 0 Å². The fourth-order valence-electron chi connectivity index (χ4n) is 2.71. The van der Waals surface area contributed by atoms with Crippen LogP contribution in [-0.2, 0) is 11.8 Å². The minimum atomic E-state index is 0.158. The molecule has 0 bridgehead atoms. The van der Waals surface area contributed by atoms with Gasteiger partial charge in [0.15, 0.2) is 0 Å². The Morgan fingerprint density at radius 2 is 1.62 bits per heavy atom. The zero-order valence-corrected chi connectivity index (χ0v) is 14.9. The van der Waals surface area contributed by atoms with Crippen molar-refractivity contribution in [2.45, 2.75) is 38.6 Å². The number of hydrogen-bond donors (Lipinski definition) is 1. The first-order chi connectivity index (χ1) is 9.91. The largest absolute Gasteiger partial charge is 0.313 e. The third kappa shape index (κ3) is 4.18. The summed E-state index contributed by atoms with van der Waals surface area (Å²) in [6.45, 7) is 6.83. The van der Waals surface area contributed by atoms with Crippen molar-refractivity contribution < 1.29 is 0 Å². The first-order valence-electron chi connectivity index (χ1n) is 7.43. The van der Waals surface area contributed by atoms with Gasteiger partial charge in [0.1, 0.15) is 0 Å². The normalized spacial score (nSPS) is 13.2. The summed E-state index contributed by atoms with van der Waals surface area (Å²) in [6.07, 6.45) is 0.997. The maximum atomic E-state index is 3.50. The Morgan fingerprint density at radius 3 is 2.19 bits per heavy atom. The molecule has 0 aliphatic carbocycles. The lowest BCUT2D eigenvalue weighted by molar-refractivity contribution is 0.539. The second-order valence-corrected chi connectivity index (χ2v) is 7.42. The zero-order valence-electron chi connectivity index (χ0n) is 13.3. The Labute approximate surface area is 136 Å². The van der Waals surface area contributed by atoms with Crippen molar-refractivity contribution in [2.24, 2.45) is 0 Å². The van der Waals surface area contributed by atoms with Crippen LogP contribution in [0, 0.1) is 0 Å². The van der Waals surface area contributed by atoms with Gasteiger partial charge in [-0.3, -0.25) is 0 Å². The summed E-state index contributed by atoms with van der Waals surface area (Å²) in [5.74, 6) is 0. The quantitative estimate of drug-likeness (QED) is 0.797. The minimum absolute atomic E-state index is 0.158. The van der Waals surface area contributed by atoms with Gasteiger partial charge in [-0.2, -0.15) is 0 Å². The van der Waals surface area contributed by atoms with Crippen molar-refractivity contribution in [3.8, 4) is 0 Å². The molecule has 2 rings (SSSR count). The van der Waals surface area contributed by atoms with Crippen LogP contribution in [0.1, 0.15) is 43.5 Å². The van der Waals surface area contributed by atoms with Crippen molar-refractivity contribution in [1.82, 2.24) is 5.32 Å². The molecule has 2 aromatic rings. The highest BCUT2D eigenvalue weighted by Crippen LogP contribution is 2.31. The van der Waals surface area contributed by atoms with E-state index in [0.717, 1.165) is 10.9 Å². The monoisotopic (exact) mass is 345 g/mol. The smallest absolute Gasteiger partial charge is 0.0361 e. The average Bonchev–Trinajstić information content (AvgIpc) is 2.46. The highest BCUT2D eigenvalue weighted by atomic mass is 79.9.